The van der Waals surface area contributed by atoms with Crippen LogP contribution in [-0.4, -0.2) is 33.1 Å². The van der Waals surface area contributed by atoms with Gasteiger partial charge in [-0.05, 0) is 56.9 Å². The topological polar surface area (TPSA) is 34.2 Å². The van der Waals surface area contributed by atoms with Gasteiger partial charge in [0.1, 0.15) is 5.58 Å². The number of hydrogen-bond donors (Lipinski definition) is 0. The molecule has 1 aliphatic carbocycles. The van der Waals surface area contributed by atoms with Gasteiger partial charge in [-0.15, -0.1) is 24.8 Å². The van der Waals surface area contributed by atoms with E-state index in [1.807, 2.05) is 12.1 Å². The van der Waals surface area contributed by atoms with E-state index in [1.54, 1.807) is 0 Å². The first-order valence-corrected chi connectivity index (χ1v) is 12.9. The first kappa shape index (κ1) is 26.1. The zero-order valence-corrected chi connectivity index (χ0v) is 22.3. The minimum Gasteiger partial charge on any atom is -0.453 e. The Morgan fingerprint density at radius 3 is 2.26 bits per heavy atom. The summed E-state index contributed by atoms with van der Waals surface area (Å²) in [6, 6.07) is 19.4. The minimum absolute atomic E-state index is 0. The van der Waals surface area contributed by atoms with Crippen molar-refractivity contribution in [3.63, 3.8) is 0 Å². The lowest BCUT2D eigenvalue weighted by atomic mass is 9.82. The van der Waals surface area contributed by atoms with Crippen LogP contribution < -0.4 is 0 Å². The summed E-state index contributed by atoms with van der Waals surface area (Å²) in [5, 5.41) is 1.14. The largest absolute Gasteiger partial charge is 0.453 e. The average Bonchev–Trinajstić information content (AvgIpc) is 3.43. The fraction of sp³-hybridized carbons (Fsp3) is 0.483. The quantitative estimate of drug-likeness (QED) is 0.275. The lowest BCUT2D eigenvalue weighted by Crippen LogP contribution is -2.50. The summed E-state index contributed by atoms with van der Waals surface area (Å²) >= 11 is 0. The molecule has 0 unspecified atom stereocenters. The Balaban J connectivity index is 0.00000144. The summed E-state index contributed by atoms with van der Waals surface area (Å²) in [5.74, 6) is 1.85. The van der Waals surface area contributed by atoms with E-state index < -0.39 is 0 Å². The van der Waals surface area contributed by atoms with Crippen LogP contribution in [0.25, 0.3) is 33.6 Å². The number of fused-ring (bicyclic) bond motifs is 2. The van der Waals surface area contributed by atoms with Crippen molar-refractivity contribution in [2.45, 2.75) is 76.3 Å². The lowest BCUT2D eigenvalue weighted by molar-refractivity contribution is 0.0443. The van der Waals surface area contributed by atoms with E-state index in [0.717, 1.165) is 28.1 Å². The van der Waals surface area contributed by atoms with Gasteiger partial charge in [-0.25, -0.2) is 4.98 Å². The van der Waals surface area contributed by atoms with E-state index >= 15 is 0 Å². The monoisotopic (exact) mass is 513 g/mol. The SMILES string of the molecule is CC1(N2CCC(n3c(-c4cc5ccccc5o4)nc4ccccc43)CC2)CCCCCCC1.Cl.Cl. The van der Waals surface area contributed by atoms with Gasteiger partial charge in [-0.2, -0.15) is 0 Å². The smallest absolute Gasteiger partial charge is 0.177 e. The summed E-state index contributed by atoms with van der Waals surface area (Å²) < 4.78 is 8.76. The van der Waals surface area contributed by atoms with Crippen LogP contribution in [0.15, 0.2) is 59.0 Å². The van der Waals surface area contributed by atoms with E-state index in [-0.39, 0.29) is 24.8 Å². The third kappa shape index (κ3) is 4.98. The van der Waals surface area contributed by atoms with Crippen LogP contribution in [-0.2, 0) is 0 Å². The fourth-order valence-corrected chi connectivity index (χ4v) is 6.33. The van der Waals surface area contributed by atoms with Crippen molar-refractivity contribution >= 4 is 46.8 Å². The van der Waals surface area contributed by atoms with Gasteiger partial charge < -0.3 is 8.98 Å². The maximum absolute atomic E-state index is 6.28. The van der Waals surface area contributed by atoms with Crippen molar-refractivity contribution in [3.05, 3.63) is 54.6 Å². The zero-order chi connectivity index (χ0) is 22.3. The summed E-state index contributed by atoms with van der Waals surface area (Å²) in [6.07, 6.45) is 12.1. The number of aromatic nitrogens is 2. The number of imidazole rings is 1. The molecular formula is C29H37Cl2N3O. The normalized spacial score (nSPS) is 19.6. The van der Waals surface area contributed by atoms with E-state index in [0.29, 0.717) is 11.6 Å². The number of nitrogens with zero attached hydrogens (tertiary/aromatic N) is 3. The van der Waals surface area contributed by atoms with Gasteiger partial charge in [0.2, 0.25) is 0 Å². The third-order valence-electron chi connectivity index (χ3n) is 8.27. The lowest BCUT2D eigenvalue weighted by Gasteiger charge is -2.46. The molecule has 3 heterocycles. The van der Waals surface area contributed by atoms with Crippen molar-refractivity contribution in [1.82, 2.24) is 14.5 Å². The van der Waals surface area contributed by atoms with Crippen molar-refractivity contribution in [2.24, 2.45) is 0 Å². The molecular weight excluding hydrogens is 477 g/mol. The number of para-hydroxylation sites is 3. The Hall–Kier alpha value is -2.01. The van der Waals surface area contributed by atoms with Gasteiger partial charge in [0.25, 0.3) is 0 Å². The van der Waals surface area contributed by atoms with Crippen LogP contribution in [0.2, 0.25) is 0 Å². The second kappa shape index (κ2) is 10.9. The average molecular weight is 515 g/mol. The van der Waals surface area contributed by atoms with E-state index in [1.165, 1.54) is 76.4 Å². The number of benzene rings is 2. The van der Waals surface area contributed by atoms with E-state index in [4.69, 9.17) is 9.40 Å². The number of rotatable bonds is 3. The highest BCUT2D eigenvalue weighted by Gasteiger charge is 2.35. The zero-order valence-electron chi connectivity index (χ0n) is 20.6. The van der Waals surface area contributed by atoms with Crippen LogP contribution in [0.3, 0.4) is 0 Å². The highest BCUT2D eigenvalue weighted by Crippen LogP contribution is 2.39. The van der Waals surface area contributed by atoms with Crippen molar-refractivity contribution in [3.8, 4) is 11.6 Å². The third-order valence-corrected chi connectivity index (χ3v) is 8.27. The fourth-order valence-electron chi connectivity index (χ4n) is 6.33. The molecule has 6 rings (SSSR count). The minimum atomic E-state index is 0. The number of likely N-dealkylation sites (tertiary alicyclic amines) is 1. The summed E-state index contributed by atoms with van der Waals surface area (Å²) in [7, 11) is 0. The number of halogens is 2. The molecule has 35 heavy (non-hydrogen) atoms. The van der Waals surface area contributed by atoms with Crippen LogP contribution in [0, 0.1) is 0 Å². The Bertz CT molecular complexity index is 1210. The van der Waals surface area contributed by atoms with Crippen LogP contribution >= 0.6 is 24.8 Å². The first-order chi connectivity index (χ1) is 16.2. The molecule has 0 N–H and O–H groups in total. The van der Waals surface area contributed by atoms with Crippen LogP contribution in [0.4, 0.5) is 0 Å². The molecule has 4 aromatic rings. The molecule has 188 valence electrons. The Morgan fingerprint density at radius 2 is 1.51 bits per heavy atom. The van der Waals surface area contributed by atoms with Gasteiger partial charge in [0.15, 0.2) is 11.6 Å². The summed E-state index contributed by atoms with van der Waals surface area (Å²) in [6.45, 7) is 4.88. The second-order valence-corrected chi connectivity index (χ2v) is 10.4. The maximum Gasteiger partial charge on any atom is 0.177 e. The highest BCUT2D eigenvalue weighted by molar-refractivity contribution is 5.86. The molecule has 0 radical (unpaired) electrons. The highest BCUT2D eigenvalue weighted by atomic mass is 35.5. The molecule has 0 spiro atoms. The molecule has 1 aliphatic heterocycles. The van der Waals surface area contributed by atoms with E-state index in [2.05, 4.69) is 58.9 Å². The first-order valence-electron chi connectivity index (χ1n) is 12.9. The van der Waals surface area contributed by atoms with Gasteiger partial charge >= 0.3 is 0 Å². The number of piperidine rings is 1. The van der Waals surface area contributed by atoms with Gasteiger partial charge in [0, 0.05) is 30.1 Å². The predicted octanol–water partition coefficient (Wildman–Crippen LogP) is 8.43. The number of furan rings is 1. The standard InChI is InChI=1S/C29H35N3O.2ClH/c1-29(17-9-3-2-4-10-18-29)31-19-15-23(16-20-31)32-25-13-7-6-12-24(25)30-28(32)27-21-22-11-5-8-14-26(22)33-27;;/h5-8,11-14,21,23H,2-4,9-10,15-20H2,1H3;2*1H. The molecule has 2 aliphatic rings. The molecule has 2 aromatic carbocycles. The van der Waals surface area contributed by atoms with Crippen molar-refractivity contribution < 1.29 is 4.42 Å². The Kier molecular flexibility index (Phi) is 8.15. The maximum atomic E-state index is 6.28. The molecule has 2 fully saturated rings. The number of hydrogen-bond acceptors (Lipinski definition) is 3. The Morgan fingerprint density at radius 1 is 0.857 bits per heavy atom. The predicted molar refractivity (Wildman–Crippen MR) is 150 cm³/mol. The summed E-state index contributed by atoms with van der Waals surface area (Å²) in [4.78, 5) is 7.87. The van der Waals surface area contributed by atoms with Gasteiger partial charge in [0.05, 0.1) is 11.0 Å². The van der Waals surface area contributed by atoms with Crippen LogP contribution in [0.5, 0.6) is 0 Å². The van der Waals surface area contributed by atoms with Gasteiger partial charge in [-0.3, -0.25) is 4.90 Å². The molecule has 0 amide bonds. The molecule has 0 bridgehead atoms. The summed E-state index contributed by atoms with van der Waals surface area (Å²) in [5.41, 5.74) is 3.59. The molecule has 0 atom stereocenters. The van der Waals surface area contributed by atoms with Crippen molar-refractivity contribution in [1.29, 1.82) is 0 Å². The molecule has 6 heteroatoms. The molecule has 1 saturated carbocycles. The van der Waals surface area contributed by atoms with Crippen LogP contribution in [0.1, 0.15) is 70.8 Å². The molecule has 2 aromatic heterocycles. The van der Waals surface area contributed by atoms with E-state index in [9.17, 15) is 0 Å². The Labute approximate surface area is 220 Å². The van der Waals surface area contributed by atoms with Gasteiger partial charge in [-0.1, -0.05) is 62.4 Å². The molecule has 4 nitrogen and oxygen atoms in total. The van der Waals surface area contributed by atoms with Crippen molar-refractivity contribution in [2.75, 3.05) is 13.1 Å². The second-order valence-electron chi connectivity index (χ2n) is 10.4. The molecule has 1 saturated heterocycles.